The van der Waals surface area contributed by atoms with Crippen LogP contribution in [0.25, 0.3) is 28.2 Å². The number of nitrogens with two attached hydrogens (primary N) is 1. The van der Waals surface area contributed by atoms with Crippen LogP contribution in [0.3, 0.4) is 0 Å². The fraction of sp³-hybridized carbons (Fsp3) is 0.172. The summed E-state index contributed by atoms with van der Waals surface area (Å²) in [6.45, 7) is 0.715. The van der Waals surface area contributed by atoms with Crippen molar-refractivity contribution in [2.75, 3.05) is 5.32 Å². The molecule has 35 heavy (non-hydrogen) atoms. The fourth-order valence-corrected chi connectivity index (χ4v) is 4.66. The molecule has 1 aliphatic rings. The molecule has 6 heteroatoms. The van der Waals surface area contributed by atoms with Crippen molar-refractivity contribution in [1.82, 2.24) is 14.5 Å². The first-order chi connectivity index (χ1) is 16.7. The Labute approximate surface area is 211 Å². The number of nitrogens with one attached hydrogen (secondary N) is 1. The van der Waals surface area contributed by atoms with Gasteiger partial charge in [0, 0.05) is 23.3 Å². The van der Waals surface area contributed by atoms with Gasteiger partial charge < -0.3 is 11.1 Å². The Hall–Kier alpha value is -3.67. The van der Waals surface area contributed by atoms with Crippen molar-refractivity contribution in [3.05, 3.63) is 108 Å². The van der Waals surface area contributed by atoms with Gasteiger partial charge in [-0.15, -0.1) is 12.4 Å². The SMILES string of the molecule is Cl.NC1(c2ccc(-n3c(-c4ccccc4)nc4ccc(NCc5ccccc5)nc43)cc2)CCC1. The van der Waals surface area contributed by atoms with Gasteiger partial charge in [-0.1, -0.05) is 72.8 Å². The molecule has 1 fully saturated rings. The first kappa shape index (κ1) is 23.1. The van der Waals surface area contributed by atoms with E-state index in [0.29, 0.717) is 6.54 Å². The van der Waals surface area contributed by atoms with Gasteiger partial charge in [0.25, 0.3) is 0 Å². The third-order valence-electron chi connectivity index (χ3n) is 6.80. The summed E-state index contributed by atoms with van der Waals surface area (Å²) < 4.78 is 2.14. The third-order valence-corrected chi connectivity index (χ3v) is 6.80. The van der Waals surface area contributed by atoms with E-state index < -0.39 is 0 Å². The molecule has 0 bridgehead atoms. The second kappa shape index (κ2) is 9.53. The maximum atomic E-state index is 6.57. The molecule has 0 aliphatic heterocycles. The van der Waals surface area contributed by atoms with Crippen LogP contribution in [0.2, 0.25) is 0 Å². The van der Waals surface area contributed by atoms with Gasteiger partial charge in [0.05, 0.1) is 0 Å². The van der Waals surface area contributed by atoms with Crippen molar-refractivity contribution in [3.8, 4) is 17.1 Å². The average Bonchev–Trinajstić information content (AvgIpc) is 3.26. The Kier molecular flexibility index (Phi) is 6.29. The van der Waals surface area contributed by atoms with Gasteiger partial charge in [-0.2, -0.15) is 0 Å². The first-order valence-corrected chi connectivity index (χ1v) is 11.8. The lowest BCUT2D eigenvalue weighted by Crippen LogP contribution is -2.43. The van der Waals surface area contributed by atoms with E-state index in [9.17, 15) is 0 Å². The minimum absolute atomic E-state index is 0. The lowest BCUT2D eigenvalue weighted by Gasteiger charge is -2.38. The Morgan fingerprint density at radius 2 is 1.49 bits per heavy atom. The van der Waals surface area contributed by atoms with E-state index in [2.05, 4.69) is 58.4 Å². The number of benzene rings is 3. The predicted molar refractivity (Wildman–Crippen MR) is 145 cm³/mol. The summed E-state index contributed by atoms with van der Waals surface area (Å²) >= 11 is 0. The van der Waals surface area contributed by atoms with E-state index in [1.165, 1.54) is 17.5 Å². The summed E-state index contributed by atoms with van der Waals surface area (Å²) in [5.74, 6) is 1.70. The van der Waals surface area contributed by atoms with E-state index in [-0.39, 0.29) is 17.9 Å². The number of rotatable bonds is 6. The molecule has 6 rings (SSSR count). The van der Waals surface area contributed by atoms with Crippen LogP contribution in [0.1, 0.15) is 30.4 Å². The standard InChI is InChI=1S/C29H27N5.ClH/c30-29(18-7-19-29)23-12-14-24(15-13-23)34-27(22-10-5-2-6-11-22)32-25-16-17-26(33-28(25)34)31-20-21-8-3-1-4-9-21;/h1-6,8-17H,7,18-20,30H2,(H,31,33);1H. The van der Waals surface area contributed by atoms with Crippen LogP contribution in [-0.2, 0) is 12.1 Å². The van der Waals surface area contributed by atoms with Crippen molar-refractivity contribution in [2.24, 2.45) is 5.73 Å². The van der Waals surface area contributed by atoms with Gasteiger partial charge in [0.15, 0.2) is 5.65 Å². The average molecular weight is 482 g/mol. The van der Waals surface area contributed by atoms with E-state index >= 15 is 0 Å². The number of pyridine rings is 1. The third kappa shape index (κ3) is 4.41. The molecule has 0 atom stereocenters. The minimum atomic E-state index is -0.176. The van der Waals surface area contributed by atoms with Gasteiger partial charge in [0.1, 0.15) is 17.2 Å². The maximum Gasteiger partial charge on any atom is 0.167 e. The Morgan fingerprint density at radius 3 is 2.14 bits per heavy atom. The van der Waals surface area contributed by atoms with Gasteiger partial charge >= 0.3 is 0 Å². The molecular weight excluding hydrogens is 454 g/mol. The summed E-state index contributed by atoms with van der Waals surface area (Å²) in [4.78, 5) is 9.94. The first-order valence-electron chi connectivity index (χ1n) is 11.8. The summed E-state index contributed by atoms with van der Waals surface area (Å²) in [7, 11) is 0. The van der Waals surface area contributed by atoms with E-state index in [1.807, 2.05) is 48.5 Å². The van der Waals surface area contributed by atoms with Crippen LogP contribution in [-0.4, -0.2) is 14.5 Å². The maximum absolute atomic E-state index is 6.57. The molecule has 0 saturated heterocycles. The number of hydrogen-bond donors (Lipinski definition) is 2. The number of aromatic nitrogens is 3. The van der Waals surface area contributed by atoms with Gasteiger partial charge in [-0.25, -0.2) is 9.97 Å². The molecule has 0 spiro atoms. The van der Waals surface area contributed by atoms with Crippen LogP contribution in [0, 0.1) is 0 Å². The molecule has 5 nitrogen and oxygen atoms in total. The number of hydrogen-bond acceptors (Lipinski definition) is 4. The second-order valence-corrected chi connectivity index (χ2v) is 9.07. The highest BCUT2D eigenvalue weighted by Crippen LogP contribution is 2.39. The van der Waals surface area contributed by atoms with Gasteiger partial charge in [0.2, 0.25) is 0 Å². The van der Waals surface area contributed by atoms with Gasteiger partial charge in [-0.05, 0) is 54.7 Å². The Morgan fingerprint density at radius 1 is 0.800 bits per heavy atom. The van der Waals surface area contributed by atoms with Crippen molar-refractivity contribution in [3.63, 3.8) is 0 Å². The number of anilines is 1. The lowest BCUT2D eigenvalue weighted by molar-refractivity contribution is 0.253. The van der Waals surface area contributed by atoms with Crippen molar-refractivity contribution < 1.29 is 0 Å². The van der Waals surface area contributed by atoms with Crippen LogP contribution >= 0.6 is 12.4 Å². The zero-order valence-electron chi connectivity index (χ0n) is 19.4. The number of fused-ring (bicyclic) bond motifs is 1. The van der Waals surface area contributed by atoms with Crippen LogP contribution in [0.5, 0.6) is 0 Å². The molecule has 0 amide bonds. The number of nitrogens with zero attached hydrogens (tertiary/aromatic N) is 3. The Balaban J connectivity index is 0.00000253. The largest absolute Gasteiger partial charge is 0.366 e. The van der Waals surface area contributed by atoms with Crippen molar-refractivity contribution >= 4 is 29.4 Å². The molecule has 2 aromatic heterocycles. The molecule has 5 aromatic rings. The predicted octanol–water partition coefficient (Wildman–Crippen LogP) is 6.46. The van der Waals surface area contributed by atoms with Crippen molar-refractivity contribution in [1.29, 1.82) is 0 Å². The highest BCUT2D eigenvalue weighted by molar-refractivity contribution is 5.85. The van der Waals surface area contributed by atoms with E-state index in [4.69, 9.17) is 15.7 Å². The molecule has 1 saturated carbocycles. The van der Waals surface area contributed by atoms with E-state index in [0.717, 1.165) is 46.9 Å². The monoisotopic (exact) mass is 481 g/mol. The molecular formula is C29H28ClN5. The molecule has 176 valence electrons. The van der Waals surface area contributed by atoms with Gasteiger partial charge in [-0.3, -0.25) is 4.57 Å². The molecule has 0 unspecified atom stereocenters. The highest BCUT2D eigenvalue weighted by atomic mass is 35.5. The summed E-state index contributed by atoms with van der Waals surface area (Å²) in [6, 6.07) is 33.3. The van der Waals surface area contributed by atoms with Crippen molar-refractivity contribution in [2.45, 2.75) is 31.3 Å². The zero-order chi connectivity index (χ0) is 23.0. The van der Waals surface area contributed by atoms with Crippen LogP contribution in [0.4, 0.5) is 5.82 Å². The molecule has 2 heterocycles. The van der Waals surface area contributed by atoms with Crippen LogP contribution < -0.4 is 11.1 Å². The smallest absolute Gasteiger partial charge is 0.167 e. The molecule has 3 N–H and O–H groups in total. The quantitative estimate of drug-likeness (QED) is 0.292. The topological polar surface area (TPSA) is 68.8 Å². The summed E-state index contributed by atoms with van der Waals surface area (Å²) in [5.41, 5.74) is 12.6. The normalized spacial score (nSPS) is 14.2. The second-order valence-electron chi connectivity index (χ2n) is 9.07. The lowest BCUT2D eigenvalue weighted by atomic mass is 9.73. The fourth-order valence-electron chi connectivity index (χ4n) is 4.66. The minimum Gasteiger partial charge on any atom is -0.366 e. The zero-order valence-corrected chi connectivity index (χ0v) is 20.2. The number of halogens is 1. The Bertz CT molecular complexity index is 1430. The molecule has 3 aromatic carbocycles. The highest BCUT2D eigenvalue weighted by Gasteiger charge is 2.34. The number of imidazole rings is 1. The molecule has 1 aliphatic carbocycles. The van der Waals surface area contributed by atoms with E-state index in [1.54, 1.807) is 0 Å². The van der Waals surface area contributed by atoms with Crippen LogP contribution in [0.15, 0.2) is 97.1 Å². The summed E-state index contributed by atoms with van der Waals surface area (Å²) in [5, 5.41) is 3.46. The molecule has 0 radical (unpaired) electrons. The summed E-state index contributed by atoms with van der Waals surface area (Å²) in [6.07, 6.45) is 3.30.